The second kappa shape index (κ2) is 5.10. The molecule has 0 bridgehead atoms. The van der Waals surface area contributed by atoms with Crippen LogP contribution in [0.25, 0.3) is 42.3 Å². The van der Waals surface area contributed by atoms with Gasteiger partial charge in [0.2, 0.25) is 5.69 Å². The maximum absolute atomic E-state index is 4.51. The lowest BCUT2D eigenvalue weighted by Crippen LogP contribution is -2.30. The van der Waals surface area contributed by atoms with E-state index >= 15 is 0 Å². The van der Waals surface area contributed by atoms with Crippen LogP contribution in [0.5, 0.6) is 0 Å². The first-order chi connectivity index (χ1) is 11.8. The first-order valence-electron chi connectivity index (χ1n) is 7.86. The molecule has 0 unspecified atom stereocenters. The van der Waals surface area contributed by atoms with Crippen LogP contribution in [0.15, 0.2) is 53.5 Å². The van der Waals surface area contributed by atoms with Gasteiger partial charge in [0.05, 0.1) is 16.6 Å². The number of aryl methyl sites for hydroxylation is 2. The van der Waals surface area contributed by atoms with Crippen molar-refractivity contribution in [1.29, 1.82) is 0 Å². The van der Waals surface area contributed by atoms with E-state index in [2.05, 4.69) is 71.5 Å². The van der Waals surface area contributed by atoms with Crippen molar-refractivity contribution in [1.82, 2.24) is 4.98 Å². The highest BCUT2D eigenvalue weighted by molar-refractivity contribution is 7.18. The van der Waals surface area contributed by atoms with E-state index in [1.807, 2.05) is 16.8 Å². The van der Waals surface area contributed by atoms with Gasteiger partial charge in [-0.3, -0.25) is 0 Å². The molecule has 0 radical (unpaired) electrons. The summed E-state index contributed by atoms with van der Waals surface area (Å²) in [6, 6.07) is 13.1. The summed E-state index contributed by atoms with van der Waals surface area (Å²) >= 11 is 3.55. The van der Waals surface area contributed by atoms with E-state index in [0.29, 0.717) is 0 Å². The standard InChI is InChI=1S/C20H15N2S2/c1-12-13-5-3-4-6-14(13)15-8-10-23-19(15)17(12)18-20-16(21-11-24-20)7-9-22(18)2/h3-11H,1-2H3/q+1. The van der Waals surface area contributed by atoms with Crippen molar-refractivity contribution in [2.75, 3.05) is 0 Å². The molecule has 0 aliphatic heterocycles. The first kappa shape index (κ1) is 14.1. The third kappa shape index (κ3) is 1.81. The van der Waals surface area contributed by atoms with Crippen LogP contribution in [0, 0.1) is 6.92 Å². The summed E-state index contributed by atoms with van der Waals surface area (Å²) in [5.41, 5.74) is 6.97. The molecule has 0 saturated heterocycles. The van der Waals surface area contributed by atoms with Crippen molar-refractivity contribution in [3.63, 3.8) is 0 Å². The van der Waals surface area contributed by atoms with E-state index in [9.17, 15) is 0 Å². The lowest BCUT2D eigenvalue weighted by molar-refractivity contribution is -0.659. The summed E-state index contributed by atoms with van der Waals surface area (Å²) in [5, 5.41) is 6.22. The number of thiophene rings is 1. The number of hydrogen-bond acceptors (Lipinski definition) is 3. The number of thiazole rings is 1. The van der Waals surface area contributed by atoms with Gasteiger partial charge in [-0.05, 0) is 34.7 Å². The van der Waals surface area contributed by atoms with E-state index in [-0.39, 0.29) is 0 Å². The van der Waals surface area contributed by atoms with Crippen LogP contribution >= 0.6 is 22.7 Å². The number of rotatable bonds is 1. The highest BCUT2D eigenvalue weighted by Gasteiger charge is 2.23. The van der Waals surface area contributed by atoms with Crippen molar-refractivity contribution < 1.29 is 4.57 Å². The van der Waals surface area contributed by atoms with Gasteiger partial charge >= 0.3 is 0 Å². The Kier molecular flexibility index (Phi) is 2.99. The second-order valence-corrected chi connectivity index (χ2v) is 7.82. The van der Waals surface area contributed by atoms with Gasteiger partial charge in [-0.25, -0.2) is 4.98 Å². The van der Waals surface area contributed by atoms with Crippen LogP contribution in [0.2, 0.25) is 0 Å². The predicted octanol–water partition coefficient (Wildman–Crippen LogP) is 5.46. The molecule has 0 atom stereocenters. The fourth-order valence-corrected chi connectivity index (χ4v) is 5.49. The minimum atomic E-state index is 1.07. The number of aromatic nitrogens is 2. The molecule has 3 heterocycles. The van der Waals surface area contributed by atoms with Crippen molar-refractivity contribution in [3.05, 3.63) is 59.0 Å². The maximum Gasteiger partial charge on any atom is 0.233 e. The zero-order valence-corrected chi connectivity index (χ0v) is 15.0. The van der Waals surface area contributed by atoms with Gasteiger partial charge in [0.1, 0.15) is 11.7 Å². The van der Waals surface area contributed by atoms with Crippen LogP contribution in [0.4, 0.5) is 0 Å². The molecule has 0 aliphatic carbocycles. The Morgan fingerprint density at radius 2 is 1.75 bits per heavy atom. The number of fused-ring (bicyclic) bond motifs is 4. The molecule has 116 valence electrons. The molecule has 0 saturated carbocycles. The van der Waals surface area contributed by atoms with E-state index in [1.54, 1.807) is 11.3 Å². The molecule has 0 spiro atoms. The van der Waals surface area contributed by atoms with E-state index in [4.69, 9.17) is 0 Å². The quantitative estimate of drug-likeness (QED) is 0.368. The monoisotopic (exact) mass is 347 g/mol. The lowest BCUT2D eigenvalue weighted by atomic mass is 9.95. The zero-order valence-electron chi connectivity index (χ0n) is 13.4. The molecule has 5 rings (SSSR count). The highest BCUT2D eigenvalue weighted by atomic mass is 32.1. The Bertz CT molecular complexity index is 1230. The zero-order chi connectivity index (χ0) is 16.3. The number of pyridine rings is 1. The second-order valence-electron chi connectivity index (χ2n) is 6.05. The van der Waals surface area contributed by atoms with Crippen molar-refractivity contribution in [3.8, 4) is 11.3 Å². The number of benzene rings is 2. The third-order valence-corrected chi connectivity index (χ3v) is 6.53. The smallest absolute Gasteiger partial charge is 0.233 e. The summed E-state index contributed by atoms with van der Waals surface area (Å²) in [4.78, 5) is 4.51. The summed E-state index contributed by atoms with van der Waals surface area (Å²) in [6.07, 6.45) is 2.12. The summed E-state index contributed by atoms with van der Waals surface area (Å²) in [7, 11) is 2.13. The minimum Gasteiger partial charge on any atom is -0.244 e. The molecule has 3 aromatic heterocycles. The molecular weight excluding hydrogens is 332 g/mol. The molecule has 0 amide bonds. The SMILES string of the molecule is Cc1c(-c2c3scnc3cc[n+]2C)c2sccc2c2ccccc12. The Morgan fingerprint density at radius 1 is 0.917 bits per heavy atom. The van der Waals surface area contributed by atoms with E-state index in [0.717, 1.165) is 5.52 Å². The third-order valence-electron chi connectivity index (χ3n) is 4.74. The van der Waals surface area contributed by atoms with Crippen molar-refractivity contribution in [2.45, 2.75) is 6.92 Å². The maximum atomic E-state index is 4.51. The normalized spacial score (nSPS) is 11.8. The lowest BCUT2D eigenvalue weighted by Gasteiger charge is -2.11. The average molecular weight is 347 g/mol. The molecule has 5 aromatic rings. The largest absolute Gasteiger partial charge is 0.244 e. The number of nitrogens with zero attached hydrogens (tertiary/aromatic N) is 2. The van der Waals surface area contributed by atoms with Gasteiger partial charge in [0, 0.05) is 16.2 Å². The Morgan fingerprint density at radius 3 is 2.62 bits per heavy atom. The van der Waals surface area contributed by atoms with Gasteiger partial charge in [-0.2, -0.15) is 4.57 Å². The van der Waals surface area contributed by atoms with Gasteiger partial charge < -0.3 is 0 Å². The highest BCUT2D eigenvalue weighted by Crippen LogP contribution is 2.42. The van der Waals surface area contributed by atoms with Gasteiger partial charge in [0.25, 0.3) is 0 Å². The molecular formula is C20H15N2S2+. The predicted molar refractivity (Wildman–Crippen MR) is 104 cm³/mol. The summed E-state index contributed by atoms with van der Waals surface area (Å²) in [5.74, 6) is 0. The fourth-order valence-electron chi connectivity index (χ4n) is 3.61. The molecule has 0 fully saturated rings. The first-order valence-corrected chi connectivity index (χ1v) is 9.62. The molecule has 0 N–H and O–H groups in total. The Hall–Kier alpha value is -2.30. The Balaban J connectivity index is 2.06. The summed E-state index contributed by atoms with van der Waals surface area (Å²) < 4.78 is 4.85. The fraction of sp³-hybridized carbons (Fsp3) is 0.100. The molecule has 4 heteroatoms. The van der Waals surface area contributed by atoms with Crippen LogP contribution in [-0.2, 0) is 7.05 Å². The molecule has 24 heavy (non-hydrogen) atoms. The van der Waals surface area contributed by atoms with Gasteiger partial charge in [-0.1, -0.05) is 24.3 Å². The van der Waals surface area contributed by atoms with Gasteiger partial charge in [-0.15, -0.1) is 22.7 Å². The van der Waals surface area contributed by atoms with Crippen LogP contribution < -0.4 is 4.57 Å². The van der Waals surface area contributed by atoms with Crippen LogP contribution in [-0.4, -0.2) is 4.98 Å². The molecule has 2 nitrogen and oxygen atoms in total. The van der Waals surface area contributed by atoms with Crippen LogP contribution in [0.1, 0.15) is 5.56 Å². The number of hydrogen-bond donors (Lipinski definition) is 0. The molecule has 0 aliphatic rings. The minimum absolute atomic E-state index is 1.07. The molecule has 2 aromatic carbocycles. The van der Waals surface area contributed by atoms with Crippen LogP contribution in [0.3, 0.4) is 0 Å². The summed E-state index contributed by atoms with van der Waals surface area (Å²) in [6.45, 7) is 2.25. The van der Waals surface area contributed by atoms with Gasteiger partial charge in [0.15, 0.2) is 6.20 Å². The van der Waals surface area contributed by atoms with Crippen molar-refractivity contribution in [2.24, 2.45) is 7.05 Å². The average Bonchev–Trinajstić information content (AvgIpc) is 3.26. The topological polar surface area (TPSA) is 16.8 Å². The Labute approximate surface area is 147 Å². The van der Waals surface area contributed by atoms with E-state index in [1.165, 1.54) is 42.4 Å². The van der Waals surface area contributed by atoms with E-state index < -0.39 is 0 Å². The van der Waals surface area contributed by atoms with Crippen molar-refractivity contribution >= 4 is 53.7 Å².